The van der Waals surface area contributed by atoms with Gasteiger partial charge in [0.1, 0.15) is 16.8 Å². The van der Waals surface area contributed by atoms with Crippen LogP contribution in [0.1, 0.15) is 27.0 Å². The first-order chi connectivity index (χ1) is 17.4. The van der Waals surface area contributed by atoms with Gasteiger partial charge in [-0.3, -0.25) is 19.4 Å². The SMILES string of the molecule is Cc1cccn2c(=O)c3cc(C(=O)NCCc4ccccc4)c(=N)n(Cc4ccccc4Cl)c3nc12. The predicted molar refractivity (Wildman–Crippen MR) is 141 cm³/mol. The van der Waals surface area contributed by atoms with Crippen molar-refractivity contribution < 1.29 is 4.79 Å². The summed E-state index contributed by atoms with van der Waals surface area (Å²) in [5.74, 6) is -0.417. The Balaban J connectivity index is 1.64. The average molecular weight is 498 g/mol. The summed E-state index contributed by atoms with van der Waals surface area (Å²) in [4.78, 5) is 31.4. The molecule has 180 valence electrons. The Morgan fingerprint density at radius 1 is 1.03 bits per heavy atom. The molecule has 8 heteroatoms. The number of rotatable bonds is 6. The summed E-state index contributed by atoms with van der Waals surface area (Å²) < 4.78 is 3.05. The summed E-state index contributed by atoms with van der Waals surface area (Å²) >= 11 is 6.42. The van der Waals surface area contributed by atoms with Crippen molar-refractivity contribution in [3.8, 4) is 0 Å². The third-order valence-electron chi connectivity index (χ3n) is 6.21. The number of hydrogen-bond acceptors (Lipinski definition) is 4. The lowest BCUT2D eigenvalue weighted by molar-refractivity contribution is 0.0951. The Kier molecular flexibility index (Phi) is 6.40. The fourth-order valence-electron chi connectivity index (χ4n) is 4.28. The molecule has 0 radical (unpaired) electrons. The molecule has 0 saturated heterocycles. The molecule has 0 fully saturated rings. The normalized spacial score (nSPS) is 11.2. The molecule has 3 heterocycles. The second kappa shape index (κ2) is 9.79. The summed E-state index contributed by atoms with van der Waals surface area (Å²) in [6.07, 6.45) is 2.31. The van der Waals surface area contributed by atoms with Crippen LogP contribution in [0.2, 0.25) is 5.02 Å². The van der Waals surface area contributed by atoms with Crippen LogP contribution in [0.4, 0.5) is 0 Å². The maximum absolute atomic E-state index is 13.5. The molecule has 7 nitrogen and oxygen atoms in total. The van der Waals surface area contributed by atoms with Crippen molar-refractivity contribution in [1.29, 1.82) is 5.41 Å². The first kappa shape index (κ1) is 23.5. The van der Waals surface area contributed by atoms with Crippen LogP contribution in [0.5, 0.6) is 0 Å². The van der Waals surface area contributed by atoms with Gasteiger partial charge >= 0.3 is 0 Å². The van der Waals surface area contributed by atoms with Gasteiger partial charge in [0.2, 0.25) is 0 Å². The maximum atomic E-state index is 13.5. The molecule has 0 aliphatic heterocycles. The van der Waals surface area contributed by atoms with E-state index in [0.29, 0.717) is 29.3 Å². The summed E-state index contributed by atoms with van der Waals surface area (Å²) in [7, 11) is 0. The van der Waals surface area contributed by atoms with Crippen molar-refractivity contribution in [1.82, 2.24) is 19.3 Å². The highest BCUT2D eigenvalue weighted by atomic mass is 35.5. The summed E-state index contributed by atoms with van der Waals surface area (Å²) in [5, 5.41) is 12.6. The molecule has 0 aliphatic rings. The smallest absolute Gasteiger partial charge is 0.267 e. The summed E-state index contributed by atoms with van der Waals surface area (Å²) in [6.45, 7) is 2.47. The molecule has 0 bridgehead atoms. The molecule has 0 aliphatic carbocycles. The van der Waals surface area contributed by atoms with Gasteiger partial charge in [-0.05, 0) is 48.2 Å². The number of benzene rings is 2. The topological polar surface area (TPSA) is 92.3 Å². The Morgan fingerprint density at radius 2 is 1.78 bits per heavy atom. The molecular weight excluding hydrogens is 474 g/mol. The van der Waals surface area contributed by atoms with Crippen molar-refractivity contribution in [2.45, 2.75) is 19.9 Å². The van der Waals surface area contributed by atoms with Crippen LogP contribution in [0.3, 0.4) is 0 Å². The number of fused-ring (bicyclic) bond motifs is 2. The number of aryl methyl sites for hydroxylation is 1. The van der Waals surface area contributed by atoms with Gasteiger partial charge in [-0.1, -0.05) is 66.2 Å². The van der Waals surface area contributed by atoms with E-state index in [-0.39, 0.29) is 28.5 Å². The van der Waals surface area contributed by atoms with E-state index in [0.717, 1.165) is 16.7 Å². The highest BCUT2D eigenvalue weighted by molar-refractivity contribution is 6.31. The zero-order chi connectivity index (χ0) is 25.2. The molecule has 3 aromatic heterocycles. The molecule has 0 unspecified atom stereocenters. The maximum Gasteiger partial charge on any atom is 0.267 e. The standard InChI is InChI=1S/C28H24ClN5O2/c1-18-8-7-15-33-25(18)32-26-22(28(33)36)16-21(27(35)31-14-13-19-9-3-2-4-10-19)24(30)34(26)17-20-11-5-6-12-23(20)29/h2-12,15-16,30H,13-14,17H2,1H3,(H,31,35). The monoisotopic (exact) mass is 497 g/mol. The number of pyridine rings is 2. The molecule has 0 spiro atoms. The van der Waals surface area contributed by atoms with E-state index in [9.17, 15) is 9.59 Å². The Labute approximate surface area is 212 Å². The quantitative estimate of drug-likeness (QED) is 0.346. The van der Waals surface area contributed by atoms with Crippen molar-refractivity contribution in [2.75, 3.05) is 6.54 Å². The number of nitrogens with one attached hydrogen (secondary N) is 2. The second-order valence-corrected chi connectivity index (χ2v) is 9.02. The highest BCUT2D eigenvalue weighted by Gasteiger charge is 2.18. The third kappa shape index (κ3) is 4.41. The number of amides is 1. The van der Waals surface area contributed by atoms with Gasteiger partial charge in [-0.2, -0.15) is 0 Å². The minimum absolute atomic E-state index is 0.0375. The van der Waals surface area contributed by atoms with Gasteiger partial charge in [-0.15, -0.1) is 0 Å². The molecule has 36 heavy (non-hydrogen) atoms. The van der Waals surface area contributed by atoms with Gasteiger partial charge in [0.15, 0.2) is 0 Å². The van der Waals surface area contributed by atoms with Crippen LogP contribution in [0, 0.1) is 12.3 Å². The number of carbonyl (C=O) groups excluding carboxylic acids is 1. The molecule has 2 N–H and O–H groups in total. The fourth-order valence-corrected chi connectivity index (χ4v) is 4.48. The van der Waals surface area contributed by atoms with Crippen LogP contribution in [0.15, 0.2) is 83.8 Å². The van der Waals surface area contributed by atoms with E-state index in [1.54, 1.807) is 22.9 Å². The number of halogens is 1. The first-order valence-corrected chi connectivity index (χ1v) is 12.0. The molecular formula is C28H24ClN5O2. The van der Waals surface area contributed by atoms with Crippen LogP contribution in [0.25, 0.3) is 16.7 Å². The van der Waals surface area contributed by atoms with Gasteiger partial charge in [0, 0.05) is 17.8 Å². The number of hydrogen-bond donors (Lipinski definition) is 2. The van der Waals surface area contributed by atoms with Crippen LogP contribution < -0.4 is 16.4 Å². The van der Waals surface area contributed by atoms with Crippen molar-refractivity contribution in [2.24, 2.45) is 0 Å². The number of aromatic nitrogens is 3. The lowest BCUT2D eigenvalue weighted by atomic mass is 10.1. The Bertz CT molecular complexity index is 1720. The Morgan fingerprint density at radius 3 is 2.56 bits per heavy atom. The molecule has 0 saturated carbocycles. The fraction of sp³-hybridized carbons (Fsp3) is 0.143. The zero-order valence-corrected chi connectivity index (χ0v) is 20.4. The predicted octanol–water partition coefficient (Wildman–Crippen LogP) is 4.11. The van der Waals surface area contributed by atoms with Crippen molar-refractivity contribution >= 4 is 34.2 Å². The molecule has 5 aromatic rings. The van der Waals surface area contributed by atoms with Crippen LogP contribution >= 0.6 is 11.6 Å². The van der Waals surface area contributed by atoms with E-state index >= 15 is 0 Å². The van der Waals surface area contributed by atoms with Gasteiger partial charge in [-0.25, -0.2) is 4.98 Å². The van der Waals surface area contributed by atoms with Gasteiger partial charge < -0.3 is 9.88 Å². The largest absolute Gasteiger partial charge is 0.352 e. The minimum Gasteiger partial charge on any atom is -0.352 e. The van der Waals surface area contributed by atoms with Crippen molar-refractivity contribution in [3.63, 3.8) is 0 Å². The van der Waals surface area contributed by atoms with Gasteiger partial charge in [0.05, 0.1) is 17.5 Å². The lowest BCUT2D eigenvalue weighted by Gasteiger charge is -2.16. The van der Waals surface area contributed by atoms with E-state index in [4.69, 9.17) is 22.0 Å². The number of carbonyl (C=O) groups is 1. The van der Waals surface area contributed by atoms with E-state index in [1.807, 2.05) is 61.5 Å². The average Bonchev–Trinajstić information content (AvgIpc) is 2.88. The third-order valence-corrected chi connectivity index (χ3v) is 6.58. The molecule has 5 rings (SSSR count). The first-order valence-electron chi connectivity index (χ1n) is 11.6. The molecule has 2 aromatic carbocycles. The summed E-state index contributed by atoms with van der Waals surface area (Å²) in [5.41, 5.74) is 3.29. The second-order valence-electron chi connectivity index (χ2n) is 8.61. The van der Waals surface area contributed by atoms with E-state index < -0.39 is 5.91 Å². The zero-order valence-electron chi connectivity index (χ0n) is 19.7. The molecule has 0 atom stereocenters. The van der Waals surface area contributed by atoms with Crippen LogP contribution in [-0.2, 0) is 13.0 Å². The van der Waals surface area contributed by atoms with Crippen LogP contribution in [-0.4, -0.2) is 26.4 Å². The van der Waals surface area contributed by atoms with E-state index in [1.165, 1.54) is 10.5 Å². The summed E-state index contributed by atoms with van der Waals surface area (Å²) in [6, 6.07) is 22.3. The van der Waals surface area contributed by atoms with E-state index in [2.05, 4.69) is 5.32 Å². The minimum atomic E-state index is -0.417. The van der Waals surface area contributed by atoms with Crippen molar-refractivity contribution in [3.05, 3.63) is 122 Å². The highest BCUT2D eigenvalue weighted by Crippen LogP contribution is 2.19. The Hall–Kier alpha value is -4.23. The lowest BCUT2D eigenvalue weighted by Crippen LogP contribution is -2.36. The van der Waals surface area contributed by atoms with Gasteiger partial charge in [0.25, 0.3) is 11.5 Å². The molecule has 1 amide bonds. The number of nitrogens with zero attached hydrogens (tertiary/aromatic N) is 3.